The second-order valence-electron chi connectivity index (χ2n) is 3.00. The van der Waals surface area contributed by atoms with Gasteiger partial charge in [0, 0.05) is 39.3 Å². The van der Waals surface area contributed by atoms with Gasteiger partial charge in [-0.3, -0.25) is 0 Å². The first-order chi connectivity index (χ1) is 6.91. The highest BCUT2D eigenvalue weighted by molar-refractivity contribution is 4.56. The summed E-state index contributed by atoms with van der Waals surface area (Å²) in [6, 6.07) is 0. The molecule has 84 valence electrons. The van der Waals surface area contributed by atoms with Crippen molar-refractivity contribution in [3.63, 3.8) is 0 Å². The molecule has 2 radical (unpaired) electrons. The molecular weight excluding hydrogens is 176 g/mol. The Morgan fingerprint density at radius 2 is 0.786 bits per heavy atom. The summed E-state index contributed by atoms with van der Waals surface area (Å²) >= 11 is 0. The molecule has 0 aromatic heterocycles. The number of nitrogens with one attached hydrogen (secondary N) is 4. The molecule has 4 N–H and O–H groups in total. The average molecular weight is 200 g/mol. The fourth-order valence-electron chi connectivity index (χ4n) is 1.03. The molecule has 0 heterocycles. The lowest BCUT2D eigenvalue weighted by Crippen LogP contribution is -2.35. The van der Waals surface area contributed by atoms with Crippen molar-refractivity contribution < 1.29 is 0 Å². The molecule has 0 rings (SSSR count). The van der Waals surface area contributed by atoms with Crippen LogP contribution in [0.4, 0.5) is 0 Å². The van der Waals surface area contributed by atoms with Gasteiger partial charge in [-0.1, -0.05) is 0 Å². The van der Waals surface area contributed by atoms with E-state index < -0.39 is 0 Å². The van der Waals surface area contributed by atoms with Crippen molar-refractivity contribution in [2.75, 3.05) is 52.4 Å². The van der Waals surface area contributed by atoms with Crippen LogP contribution in [0.5, 0.6) is 0 Å². The Bertz CT molecular complexity index is 86.1. The summed E-state index contributed by atoms with van der Waals surface area (Å²) in [5.41, 5.74) is 0. The molecule has 0 saturated carbocycles. The van der Waals surface area contributed by atoms with Crippen LogP contribution in [0.3, 0.4) is 0 Å². The van der Waals surface area contributed by atoms with Gasteiger partial charge in [-0.15, -0.1) is 0 Å². The van der Waals surface area contributed by atoms with E-state index >= 15 is 0 Å². The first kappa shape index (κ1) is 13.8. The maximum Gasteiger partial charge on any atom is 0.00772 e. The van der Waals surface area contributed by atoms with E-state index in [0.717, 1.165) is 52.4 Å². The van der Waals surface area contributed by atoms with Gasteiger partial charge in [-0.05, 0) is 26.9 Å². The minimum absolute atomic E-state index is 0.802. The predicted octanol–water partition coefficient (Wildman–Crippen LogP) is -0.987. The summed E-state index contributed by atoms with van der Waals surface area (Å²) < 4.78 is 0. The highest BCUT2D eigenvalue weighted by atomic mass is 15.0. The third-order valence-electron chi connectivity index (χ3n) is 1.79. The van der Waals surface area contributed by atoms with Crippen LogP contribution in [0.2, 0.25) is 0 Å². The highest BCUT2D eigenvalue weighted by Crippen LogP contribution is 1.62. The normalized spacial score (nSPS) is 10.7. The van der Waals surface area contributed by atoms with Crippen LogP contribution in [0.25, 0.3) is 0 Å². The molecule has 14 heavy (non-hydrogen) atoms. The van der Waals surface area contributed by atoms with E-state index in [1.807, 2.05) is 0 Å². The van der Waals surface area contributed by atoms with Gasteiger partial charge >= 0.3 is 0 Å². The molecule has 0 atom stereocenters. The van der Waals surface area contributed by atoms with E-state index in [1.54, 1.807) is 0 Å². The maximum atomic E-state index is 3.70. The Labute approximate surface area is 88.2 Å². The minimum atomic E-state index is 0.802. The van der Waals surface area contributed by atoms with Crippen molar-refractivity contribution in [1.82, 2.24) is 21.3 Å². The first-order valence-corrected chi connectivity index (χ1v) is 5.33. The summed E-state index contributed by atoms with van der Waals surface area (Å²) in [5.74, 6) is 0. The molecule has 0 aromatic carbocycles. The van der Waals surface area contributed by atoms with Crippen LogP contribution in [0.1, 0.15) is 0 Å². The molecule has 4 heteroatoms. The lowest BCUT2D eigenvalue weighted by atomic mass is 10.5. The van der Waals surface area contributed by atoms with Gasteiger partial charge in [-0.25, -0.2) is 0 Å². The SMILES string of the molecule is [CH2]CNCCNCCNCCNC[CH2]. The van der Waals surface area contributed by atoms with E-state index in [4.69, 9.17) is 0 Å². The van der Waals surface area contributed by atoms with Crippen LogP contribution < -0.4 is 21.3 Å². The zero-order valence-corrected chi connectivity index (χ0v) is 9.07. The Hall–Kier alpha value is -0.160. The standard InChI is InChI=1S/C10H24N4/c1-3-11-5-7-13-9-10-14-8-6-12-4-2/h11-14H,1-10H2. The Morgan fingerprint density at radius 1 is 0.500 bits per heavy atom. The van der Waals surface area contributed by atoms with Gasteiger partial charge in [0.15, 0.2) is 0 Å². The zero-order chi connectivity index (χ0) is 10.5. The Morgan fingerprint density at radius 3 is 1.07 bits per heavy atom. The van der Waals surface area contributed by atoms with Gasteiger partial charge in [0.25, 0.3) is 0 Å². The first-order valence-electron chi connectivity index (χ1n) is 5.33. The van der Waals surface area contributed by atoms with Crippen molar-refractivity contribution in [3.8, 4) is 0 Å². The lowest BCUT2D eigenvalue weighted by Gasteiger charge is -2.06. The van der Waals surface area contributed by atoms with Crippen LogP contribution in [-0.2, 0) is 0 Å². The minimum Gasteiger partial charge on any atom is -0.315 e. The largest absolute Gasteiger partial charge is 0.315 e. The molecule has 0 aromatic rings. The Kier molecular flexibility index (Phi) is 12.7. The summed E-state index contributed by atoms with van der Waals surface area (Å²) in [7, 11) is 0. The van der Waals surface area contributed by atoms with Gasteiger partial charge in [0.05, 0.1) is 0 Å². The van der Waals surface area contributed by atoms with Crippen LogP contribution in [0.15, 0.2) is 0 Å². The third-order valence-corrected chi connectivity index (χ3v) is 1.79. The molecule has 4 nitrogen and oxygen atoms in total. The average Bonchev–Trinajstić information content (AvgIpc) is 2.21. The molecule has 0 saturated heterocycles. The summed E-state index contributed by atoms with van der Waals surface area (Å²) in [6.45, 7) is 15.0. The van der Waals surface area contributed by atoms with E-state index in [0.29, 0.717) is 0 Å². The number of rotatable bonds is 11. The van der Waals surface area contributed by atoms with E-state index in [9.17, 15) is 0 Å². The maximum absolute atomic E-state index is 3.70. The molecule has 0 aliphatic carbocycles. The molecular formula is C10H24N4. The van der Waals surface area contributed by atoms with Crippen molar-refractivity contribution in [2.24, 2.45) is 0 Å². The van der Waals surface area contributed by atoms with Crippen LogP contribution in [-0.4, -0.2) is 52.4 Å². The Balaban J connectivity index is 2.78. The quantitative estimate of drug-likeness (QED) is 0.324. The molecule has 0 unspecified atom stereocenters. The summed E-state index contributed by atoms with van der Waals surface area (Å²) in [4.78, 5) is 0. The summed E-state index contributed by atoms with van der Waals surface area (Å²) in [6.07, 6.45) is 0. The van der Waals surface area contributed by atoms with E-state index in [2.05, 4.69) is 35.1 Å². The van der Waals surface area contributed by atoms with Crippen LogP contribution >= 0.6 is 0 Å². The van der Waals surface area contributed by atoms with Gasteiger partial charge in [0.1, 0.15) is 0 Å². The summed E-state index contributed by atoms with van der Waals surface area (Å²) in [5, 5.41) is 13.0. The van der Waals surface area contributed by atoms with E-state index in [-0.39, 0.29) is 0 Å². The van der Waals surface area contributed by atoms with Crippen molar-refractivity contribution >= 4 is 0 Å². The number of hydrogen-bond acceptors (Lipinski definition) is 4. The monoisotopic (exact) mass is 200 g/mol. The lowest BCUT2D eigenvalue weighted by molar-refractivity contribution is 0.580. The number of hydrogen-bond donors (Lipinski definition) is 4. The molecule has 0 aliphatic heterocycles. The molecule has 0 fully saturated rings. The van der Waals surface area contributed by atoms with Crippen molar-refractivity contribution in [1.29, 1.82) is 0 Å². The highest BCUT2D eigenvalue weighted by Gasteiger charge is 1.87. The molecule has 0 amide bonds. The van der Waals surface area contributed by atoms with Crippen LogP contribution in [0, 0.1) is 13.8 Å². The smallest absolute Gasteiger partial charge is 0.00772 e. The second kappa shape index (κ2) is 12.8. The van der Waals surface area contributed by atoms with Gasteiger partial charge < -0.3 is 21.3 Å². The van der Waals surface area contributed by atoms with Crippen molar-refractivity contribution in [3.05, 3.63) is 13.8 Å². The molecule has 0 spiro atoms. The zero-order valence-electron chi connectivity index (χ0n) is 9.07. The molecule has 0 aliphatic rings. The fraction of sp³-hybridized carbons (Fsp3) is 0.800. The fourth-order valence-corrected chi connectivity index (χ4v) is 1.03. The molecule has 0 bridgehead atoms. The van der Waals surface area contributed by atoms with E-state index in [1.165, 1.54) is 0 Å². The topological polar surface area (TPSA) is 48.1 Å². The van der Waals surface area contributed by atoms with Crippen molar-refractivity contribution in [2.45, 2.75) is 0 Å². The third kappa shape index (κ3) is 11.8. The van der Waals surface area contributed by atoms with Gasteiger partial charge in [-0.2, -0.15) is 0 Å². The van der Waals surface area contributed by atoms with Gasteiger partial charge in [0.2, 0.25) is 0 Å². The second-order valence-corrected chi connectivity index (χ2v) is 3.00. The predicted molar refractivity (Wildman–Crippen MR) is 62.2 cm³/mol.